The quantitative estimate of drug-likeness (QED) is 0.821. The summed E-state index contributed by atoms with van der Waals surface area (Å²) in [6.45, 7) is 2.25. The summed E-state index contributed by atoms with van der Waals surface area (Å²) < 4.78 is 0. The van der Waals surface area contributed by atoms with Crippen molar-refractivity contribution in [1.29, 1.82) is 0 Å². The molecule has 2 N–H and O–H groups in total. The Morgan fingerprint density at radius 2 is 2.12 bits per heavy atom. The average Bonchev–Trinajstić information content (AvgIpc) is 2.34. The Balaban J connectivity index is 2.49. The molecule has 1 amide bonds. The third kappa shape index (κ3) is 4.18. The van der Waals surface area contributed by atoms with Gasteiger partial charge in [-0.05, 0) is 37.2 Å². The first-order valence-electron chi connectivity index (χ1n) is 6.59. The molecule has 1 saturated carbocycles. The number of carbonyl (C=O) groups is 1. The molecular weight excluding hydrogens is 232 g/mol. The van der Waals surface area contributed by atoms with Crippen LogP contribution in [0.25, 0.3) is 0 Å². The second-order valence-corrected chi connectivity index (χ2v) is 6.15. The van der Waals surface area contributed by atoms with Gasteiger partial charge in [-0.15, -0.1) is 0 Å². The number of nitrogens with two attached hydrogens (primary N) is 1. The van der Waals surface area contributed by atoms with E-state index in [4.69, 9.17) is 5.73 Å². The lowest BCUT2D eigenvalue weighted by molar-refractivity contribution is -0.135. The van der Waals surface area contributed by atoms with Gasteiger partial charge in [-0.3, -0.25) is 4.79 Å². The number of thioether (sulfide) groups is 1. The van der Waals surface area contributed by atoms with Crippen LogP contribution in [-0.4, -0.2) is 41.9 Å². The van der Waals surface area contributed by atoms with Gasteiger partial charge in [-0.25, -0.2) is 0 Å². The molecule has 0 aromatic heterocycles. The SMILES string of the molecule is CSCC[C@@H](N)C(=O)N(C)C1CCCCC1C. The first kappa shape index (κ1) is 14.8. The molecule has 1 aliphatic carbocycles. The zero-order valence-corrected chi connectivity index (χ0v) is 12.1. The third-order valence-electron chi connectivity index (χ3n) is 3.86. The lowest BCUT2D eigenvalue weighted by atomic mass is 9.85. The topological polar surface area (TPSA) is 46.3 Å². The van der Waals surface area contributed by atoms with Crippen LogP contribution >= 0.6 is 11.8 Å². The highest BCUT2D eigenvalue weighted by Crippen LogP contribution is 2.27. The van der Waals surface area contributed by atoms with Crippen LogP contribution in [0.5, 0.6) is 0 Å². The molecule has 1 rings (SSSR count). The maximum Gasteiger partial charge on any atom is 0.239 e. The van der Waals surface area contributed by atoms with Gasteiger partial charge < -0.3 is 10.6 Å². The minimum Gasteiger partial charge on any atom is -0.341 e. The van der Waals surface area contributed by atoms with Gasteiger partial charge in [0.25, 0.3) is 0 Å². The average molecular weight is 258 g/mol. The van der Waals surface area contributed by atoms with Crippen molar-refractivity contribution in [3.63, 3.8) is 0 Å². The maximum absolute atomic E-state index is 12.2. The predicted molar refractivity (Wildman–Crippen MR) is 75.2 cm³/mol. The van der Waals surface area contributed by atoms with Gasteiger partial charge in [0, 0.05) is 13.1 Å². The van der Waals surface area contributed by atoms with E-state index in [-0.39, 0.29) is 11.9 Å². The van der Waals surface area contributed by atoms with Crippen molar-refractivity contribution < 1.29 is 4.79 Å². The molecule has 0 bridgehead atoms. The molecule has 100 valence electrons. The zero-order valence-electron chi connectivity index (χ0n) is 11.3. The van der Waals surface area contributed by atoms with E-state index in [1.54, 1.807) is 11.8 Å². The second kappa shape index (κ2) is 7.27. The maximum atomic E-state index is 12.2. The van der Waals surface area contributed by atoms with Gasteiger partial charge in [0.15, 0.2) is 0 Å². The van der Waals surface area contributed by atoms with E-state index in [1.807, 2.05) is 18.2 Å². The van der Waals surface area contributed by atoms with E-state index in [2.05, 4.69) is 6.92 Å². The van der Waals surface area contributed by atoms with E-state index in [0.717, 1.165) is 18.6 Å². The molecule has 3 atom stereocenters. The Morgan fingerprint density at radius 1 is 1.47 bits per heavy atom. The number of rotatable bonds is 5. The monoisotopic (exact) mass is 258 g/mol. The highest BCUT2D eigenvalue weighted by Gasteiger charge is 2.29. The van der Waals surface area contributed by atoms with Crippen LogP contribution in [0, 0.1) is 5.92 Å². The van der Waals surface area contributed by atoms with E-state index >= 15 is 0 Å². The molecule has 17 heavy (non-hydrogen) atoms. The van der Waals surface area contributed by atoms with Crippen molar-refractivity contribution in [2.24, 2.45) is 11.7 Å². The minimum absolute atomic E-state index is 0.123. The van der Waals surface area contributed by atoms with Crippen LogP contribution in [0.2, 0.25) is 0 Å². The summed E-state index contributed by atoms with van der Waals surface area (Å²) in [4.78, 5) is 14.1. The molecule has 1 fully saturated rings. The van der Waals surface area contributed by atoms with Crippen LogP contribution in [0.1, 0.15) is 39.0 Å². The highest BCUT2D eigenvalue weighted by atomic mass is 32.2. The van der Waals surface area contributed by atoms with Gasteiger partial charge >= 0.3 is 0 Å². The molecule has 0 radical (unpaired) electrons. The van der Waals surface area contributed by atoms with Gasteiger partial charge in [0.05, 0.1) is 6.04 Å². The minimum atomic E-state index is -0.318. The van der Waals surface area contributed by atoms with Gasteiger partial charge in [-0.1, -0.05) is 19.8 Å². The molecule has 0 heterocycles. The number of likely N-dealkylation sites (N-methyl/N-ethyl adjacent to an activating group) is 1. The first-order valence-corrected chi connectivity index (χ1v) is 7.98. The van der Waals surface area contributed by atoms with Crippen LogP contribution in [0.15, 0.2) is 0 Å². The van der Waals surface area contributed by atoms with E-state index < -0.39 is 0 Å². The van der Waals surface area contributed by atoms with Crippen molar-refractivity contribution in [2.45, 2.75) is 51.1 Å². The fourth-order valence-corrected chi connectivity index (χ4v) is 3.15. The normalized spacial score (nSPS) is 26.6. The van der Waals surface area contributed by atoms with Gasteiger partial charge in [0.1, 0.15) is 0 Å². The summed E-state index contributed by atoms with van der Waals surface area (Å²) in [6, 6.07) is 0.0816. The third-order valence-corrected chi connectivity index (χ3v) is 4.51. The highest BCUT2D eigenvalue weighted by molar-refractivity contribution is 7.98. The molecular formula is C13H26N2OS. The number of nitrogens with zero attached hydrogens (tertiary/aromatic N) is 1. The Labute approximate surface area is 109 Å². The van der Waals surface area contributed by atoms with Crippen LogP contribution in [0.3, 0.4) is 0 Å². The molecule has 1 aliphatic rings. The Hall–Kier alpha value is -0.220. The van der Waals surface area contributed by atoms with Crippen molar-refractivity contribution in [2.75, 3.05) is 19.1 Å². The number of amides is 1. The molecule has 0 aromatic rings. The van der Waals surface area contributed by atoms with Crippen LogP contribution in [0.4, 0.5) is 0 Å². The number of hydrogen-bond acceptors (Lipinski definition) is 3. The first-order chi connectivity index (χ1) is 8.07. The summed E-state index contributed by atoms with van der Waals surface area (Å²) in [5, 5.41) is 0. The number of carbonyl (C=O) groups excluding carboxylic acids is 1. The lowest BCUT2D eigenvalue weighted by Crippen LogP contribution is -2.49. The van der Waals surface area contributed by atoms with E-state index in [1.165, 1.54) is 19.3 Å². The summed E-state index contributed by atoms with van der Waals surface area (Å²) in [7, 11) is 1.92. The summed E-state index contributed by atoms with van der Waals surface area (Å²) in [6.07, 6.45) is 7.75. The van der Waals surface area contributed by atoms with E-state index in [9.17, 15) is 4.79 Å². The molecule has 0 aliphatic heterocycles. The largest absolute Gasteiger partial charge is 0.341 e. The van der Waals surface area contributed by atoms with Crippen molar-refractivity contribution >= 4 is 17.7 Å². The Kier molecular flexibility index (Phi) is 6.34. The lowest BCUT2D eigenvalue weighted by Gasteiger charge is -2.37. The second-order valence-electron chi connectivity index (χ2n) is 5.17. The molecule has 0 aromatic carbocycles. The molecule has 0 spiro atoms. The Bertz CT molecular complexity index is 248. The van der Waals surface area contributed by atoms with Crippen LogP contribution in [-0.2, 0) is 4.79 Å². The predicted octanol–water partition coefficient (Wildman–Crippen LogP) is 2.10. The number of hydrogen-bond donors (Lipinski definition) is 1. The summed E-state index contributed by atoms with van der Waals surface area (Å²) in [5.41, 5.74) is 5.95. The molecule has 4 heteroatoms. The van der Waals surface area contributed by atoms with Gasteiger partial charge in [-0.2, -0.15) is 11.8 Å². The van der Waals surface area contributed by atoms with Crippen molar-refractivity contribution in [3.8, 4) is 0 Å². The van der Waals surface area contributed by atoms with E-state index in [0.29, 0.717) is 12.0 Å². The van der Waals surface area contributed by atoms with Gasteiger partial charge in [0.2, 0.25) is 5.91 Å². The summed E-state index contributed by atoms with van der Waals surface area (Å²) >= 11 is 1.74. The Morgan fingerprint density at radius 3 is 2.71 bits per heavy atom. The van der Waals surface area contributed by atoms with Crippen molar-refractivity contribution in [1.82, 2.24) is 4.90 Å². The fraction of sp³-hybridized carbons (Fsp3) is 0.923. The molecule has 3 nitrogen and oxygen atoms in total. The molecule has 0 saturated heterocycles. The summed E-state index contributed by atoms with van der Waals surface area (Å²) in [5.74, 6) is 1.70. The zero-order chi connectivity index (χ0) is 12.8. The smallest absolute Gasteiger partial charge is 0.239 e. The van der Waals surface area contributed by atoms with Crippen LogP contribution < -0.4 is 5.73 Å². The standard InChI is InChI=1S/C13H26N2OS/c1-10-6-4-5-7-12(10)15(2)13(16)11(14)8-9-17-3/h10-12H,4-9,14H2,1-3H3/t10?,11-,12?/m1/s1. The fourth-order valence-electron chi connectivity index (χ4n) is 2.67. The molecule has 2 unspecified atom stereocenters. The van der Waals surface area contributed by atoms with Crippen molar-refractivity contribution in [3.05, 3.63) is 0 Å².